The summed E-state index contributed by atoms with van der Waals surface area (Å²) >= 11 is 7.70. The van der Waals surface area contributed by atoms with Gasteiger partial charge < -0.3 is 10.0 Å². The van der Waals surface area contributed by atoms with Crippen LogP contribution >= 0.6 is 22.9 Å². The molecule has 0 bridgehead atoms. The number of hydrogen-bond donors (Lipinski definition) is 1. The van der Waals surface area contributed by atoms with Crippen LogP contribution in [0.4, 0.5) is 5.13 Å². The van der Waals surface area contributed by atoms with Gasteiger partial charge in [0.05, 0.1) is 11.8 Å². The normalized spacial score (nSPS) is 17.9. The summed E-state index contributed by atoms with van der Waals surface area (Å²) in [7, 11) is 2.03. The first-order valence-electron chi connectivity index (χ1n) is 6.77. The molecule has 1 heterocycles. The number of anilines is 1. The standard InChI is InChI=1S/C15H17ClN2OS/c1-18(9-10-4-2-5-11(16)8-10)15-17-14-12(19)6-3-7-13(14)20-15/h2,4-5,8,12,19H,3,6-7,9H2,1H3. The van der Waals surface area contributed by atoms with E-state index >= 15 is 0 Å². The van der Waals surface area contributed by atoms with Crippen LogP contribution in [-0.4, -0.2) is 17.1 Å². The molecule has 106 valence electrons. The van der Waals surface area contributed by atoms with E-state index in [4.69, 9.17) is 11.6 Å². The number of fused-ring (bicyclic) bond motifs is 1. The molecule has 2 aromatic rings. The Hall–Kier alpha value is -1.10. The van der Waals surface area contributed by atoms with Crippen molar-refractivity contribution in [2.75, 3.05) is 11.9 Å². The summed E-state index contributed by atoms with van der Waals surface area (Å²) in [6.45, 7) is 0.767. The number of aliphatic hydroxyl groups excluding tert-OH is 1. The summed E-state index contributed by atoms with van der Waals surface area (Å²) in [4.78, 5) is 7.96. The van der Waals surface area contributed by atoms with Gasteiger partial charge in [-0.1, -0.05) is 23.7 Å². The first-order valence-corrected chi connectivity index (χ1v) is 7.96. The van der Waals surface area contributed by atoms with Gasteiger partial charge in [0.2, 0.25) is 0 Å². The van der Waals surface area contributed by atoms with Crippen LogP contribution in [0, 0.1) is 0 Å². The van der Waals surface area contributed by atoms with Gasteiger partial charge in [-0.2, -0.15) is 0 Å². The lowest BCUT2D eigenvalue weighted by Gasteiger charge is -2.16. The average molecular weight is 309 g/mol. The number of benzene rings is 1. The Labute approximate surface area is 127 Å². The average Bonchev–Trinajstić information content (AvgIpc) is 2.84. The van der Waals surface area contributed by atoms with E-state index in [-0.39, 0.29) is 6.10 Å². The number of aromatic nitrogens is 1. The summed E-state index contributed by atoms with van der Waals surface area (Å²) in [6.07, 6.45) is 2.53. The molecule has 0 saturated heterocycles. The minimum atomic E-state index is -0.386. The predicted molar refractivity (Wildman–Crippen MR) is 83.6 cm³/mol. The number of hydrogen-bond acceptors (Lipinski definition) is 4. The van der Waals surface area contributed by atoms with Crippen LogP contribution in [0.5, 0.6) is 0 Å². The van der Waals surface area contributed by atoms with Crippen molar-refractivity contribution in [1.82, 2.24) is 4.98 Å². The van der Waals surface area contributed by atoms with Gasteiger partial charge in [0.15, 0.2) is 5.13 Å². The second kappa shape index (κ2) is 5.72. The van der Waals surface area contributed by atoms with Crippen LogP contribution in [0.2, 0.25) is 5.02 Å². The topological polar surface area (TPSA) is 36.4 Å². The van der Waals surface area contributed by atoms with Crippen LogP contribution in [0.15, 0.2) is 24.3 Å². The van der Waals surface area contributed by atoms with E-state index in [0.717, 1.165) is 47.2 Å². The van der Waals surface area contributed by atoms with E-state index in [0.29, 0.717) is 0 Å². The van der Waals surface area contributed by atoms with Crippen molar-refractivity contribution in [2.24, 2.45) is 0 Å². The van der Waals surface area contributed by atoms with Crippen molar-refractivity contribution in [3.63, 3.8) is 0 Å². The third kappa shape index (κ3) is 2.82. The van der Waals surface area contributed by atoms with Crippen molar-refractivity contribution in [3.05, 3.63) is 45.4 Å². The van der Waals surface area contributed by atoms with E-state index in [1.807, 2.05) is 25.2 Å². The van der Waals surface area contributed by atoms with Gasteiger partial charge in [-0.05, 0) is 37.0 Å². The second-order valence-corrected chi connectivity index (χ2v) is 6.70. The fourth-order valence-electron chi connectivity index (χ4n) is 2.52. The molecule has 0 fully saturated rings. The van der Waals surface area contributed by atoms with Crippen molar-refractivity contribution < 1.29 is 5.11 Å². The van der Waals surface area contributed by atoms with Gasteiger partial charge in [-0.3, -0.25) is 0 Å². The Bertz CT molecular complexity index is 614. The van der Waals surface area contributed by atoms with E-state index < -0.39 is 0 Å². The van der Waals surface area contributed by atoms with Crippen LogP contribution in [-0.2, 0) is 13.0 Å². The molecule has 3 nitrogen and oxygen atoms in total. The number of thiazole rings is 1. The molecule has 1 unspecified atom stereocenters. The predicted octanol–water partition coefficient (Wildman–Crippen LogP) is 3.80. The van der Waals surface area contributed by atoms with Crippen molar-refractivity contribution in [2.45, 2.75) is 31.9 Å². The van der Waals surface area contributed by atoms with Gasteiger partial charge in [0.25, 0.3) is 0 Å². The number of aryl methyl sites for hydroxylation is 1. The third-order valence-corrected chi connectivity index (χ3v) is 5.03. The zero-order valence-corrected chi connectivity index (χ0v) is 12.9. The van der Waals surface area contributed by atoms with Crippen LogP contribution in [0.3, 0.4) is 0 Å². The van der Waals surface area contributed by atoms with E-state index in [2.05, 4.69) is 16.0 Å². The maximum absolute atomic E-state index is 9.99. The molecule has 0 saturated carbocycles. The molecular weight excluding hydrogens is 292 g/mol. The maximum Gasteiger partial charge on any atom is 0.185 e. The molecular formula is C15H17ClN2OS. The van der Waals surface area contributed by atoms with Crippen LogP contribution in [0.25, 0.3) is 0 Å². The Morgan fingerprint density at radius 1 is 1.50 bits per heavy atom. The highest BCUT2D eigenvalue weighted by Gasteiger charge is 2.23. The molecule has 0 radical (unpaired) electrons. The lowest BCUT2D eigenvalue weighted by atomic mass is 10.0. The summed E-state index contributed by atoms with van der Waals surface area (Å²) in [6, 6.07) is 7.87. The molecule has 1 aliphatic rings. The maximum atomic E-state index is 9.99. The first-order chi connectivity index (χ1) is 9.63. The van der Waals surface area contributed by atoms with Crippen molar-refractivity contribution >= 4 is 28.1 Å². The van der Waals surface area contributed by atoms with Gasteiger partial charge in [-0.15, -0.1) is 11.3 Å². The molecule has 5 heteroatoms. The first kappa shape index (κ1) is 13.9. The fraction of sp³-hybridized carbons (Fsp3) is 0.400. The van der Waals surface area contributed by atoms with Gasteiger partial charge in [0.1, 0.15) is 0 Å². The summed E-state index contributed by atoms with van der Waals surface area (Å²) in [5.41, 5.74) is 2.04. The van der Waals surface area contributed by atoms with E-state index in [1.54, 1.807) is 11.3 Å². The van der Waals surface area contributed by atoms with Gasteiger partial charge in [-0.25, -0.2) is 4.98 Å². The summed E-state index contributed by atoms with van der Waals surface area (Å²) < 4.78 is 0. The Morgan fingerprint density at radius 2 is 2.35 bits per heavy atom. The Morgan fingerprint density at radius 3 is 3.10 bits per heavy atom. The van der Waals surface area contributed by atoms with Gasteiger partial charge >= 0.3 is 0 Å². The zero-order chi connectivity index (χ0) is 14.1. The van der Waals surface area contributed by atoms with Gasteiger partial charge in [0, 0.05) is 23.5 Å². The van der Waals surface area contributed by atoms with E-state index in [1.165, 1.54) is 4.88 Å². The minimum Gasteiger partial charge on any atom is -0.387 e. The number of aliphatic hydroxyl groups is 1. The molecule has 1 atom stereocenters. The lowest BCUT2D eigenvalue weighted by Crippen LogP contribution is -2.16. The largest absolute Gasteiger partial charge is 0.387 e. The monoisotopic (exact) mass is 308 g/mol. The quantitative estimate of drug-likeness (QED) is 0.937. The minimum absolute atomic E-state index is 0.386. The number of rotatable bonds is 3. The van der Waals surface area contributed by atoms with Crippen LogP contribution in [0.1, 0.15) is 35.1 Å². The molecule has 0 aliphatic heterocycles. The Balaban J connectivity index is 1.79. The molecule has 1 aromatic heterocycles. The highest BCUT2D eigenvalue weighted by Crippen LogP contribution is 2.36. The Kier molecular flexibility index (Phi) is 3.96. The highest BCUT2D eigenvalue weighted by molar-refractivity contribution is 7.15. The fourth-order valence-corrected chi connectivity index (χ4v) is 3.85. The lowest BCUT2D eigenvalue weighted by molar-refractivity contribution is 0.153. The van der Waals surface area contributed by atoms with Crippen molar-refractivity contribution in [3.8, 4) is 0 Å². The molecule has 0 amide bonds. The molecule has 20 heavy (non-hydrogen) atoms. The zero-order valence-electron chi connectivity index (χ0n) is 11.3. The third-order valence-electron chi connectivity index (χ3n) is 3.55. The highest BCUT2D eigenvalue weighted by atomic mass is 35.5. The smallest absolute Gasteiger partial charge is 0.185 e. The molecule has 3 rings (SSSR count). The summed E-state index contributed by atoms with van der Waals surface area (Å²) in [5, 5.41) is 11.7. The molecule has 1 aliphatic carbocycles. The molecule has 0 spiro atoms. The van der Waals surface area contributed by atoms with Crippen LogP contribution < -0.4 is 4.90 Å². The van der Waals surface area contributed by atoms with E-state index in [9.17, 15) is 5.11 Å². The summed E-state index contributed by atoms with van der Waals surface area (Å²) in [5.74, 6) is 0. The molecule has 1 aromatic carbocycles. The van der Waals surface area contributed by atoms with Crippen molar-refractivity contribution in [1.29, 1.82) is 0 Å². The number of nitrogens with zero attached hydrogens (tertiary/aromatic N) is 2. The SMILES string of the molecule is CN(Cc1cccc(Cl)c1)c1nc2c(s1)CCCC2O. The molecule has 1 N–H and O–H groups in total. The number of halogens is 1. The second-order valence-electron chi connectivity index (χ2n) is 5.20.